The SMILES string of the molecule is CC(C)(C)OC(=O)N(C(=O)OC(C)(C)C)c1cc(I)ccn1. The lowest BCUT2D eigenvalue weighted by Gasteiger charge is -2.28. The van der Waals surface area contributed by atoms with E-state index in [9.17, 15) is 9.59 Å². The van der Waals surface area contributed by atoms with Gasteiger partial charge in [-0.25, -0.2) is 14.6 Å². The van der Waals surface area contributed by atoms with Crippen molar-refractivity contribution in [1.82, 2.24) is 4.98 Å². The second-order valence-corrected chi connectivity index (χ2v) is 7.87. The average Bonchev–Trinajstić information content (AvgIpc) is 2.23. The summed E-state index contributed by atoms with van der Waals surface area (Å²) < 4.78 is 11.4. The van der Waals surface area contributed by atoms with Crippen LogP contribution < -0.4 is 4.90 Å². The molecule has 22 heavy (non-hydrogen) atoms. The van der Waals surface area contributed by atoms with Crippen LogP contribution in [0.15, 0.2) is 18.3 Å². The maximum atomic E-state index is 12.4. The molecule has 0 atom stereocenters. The van der Waals surface area contributed by atoms with Crippen LogP contribution in [0.5, 0.6) is 0 Å². The highest BCUT2D eigenvalue weighted by Crippen LogP contribution is 2.21. The third-order valence-corrected chi connectivity index (χ3v) is 2.76. The second-order valence-electron chi connectivity index (χ2n) is 6.63. The molecule has 122 valence electrons. The zero-order valence-electron chi connectivity index (χ0n) is 13.6. The number of amides is 2. The molecule has 0 saturated heterocycles. The van der Waals surface area contributed by atoms with Gasteiger partial charge in [0.05, 0.1) is 0 Å². The summed E-state index contributed by atoms with van der Waals surface area (Å²) in [7, 11) is 0. The smallest absolute Gasteiger partial charge is 0.425 e. The Kier molecular flexibility index (Phi) is 5.77. The minimum atomic E-state index is -0.823. The summed E-state index contributed by atoms with van der Waals surface area (Å²) in [6.45, 7) is 10.3. The van der Waals surface area contributed by atoms with E-state index in [1.807, 2.05) is 0 Å². The average molecular weight is 420 g/mol. The molecular weight excluding hydrogens is 399 g/mol. The molecule has 0 aliphatic carbocycles. The number of rotatable bonds is 1. The number of halogens is 1. The molecule has 0 N–H and O–H groups in total. The first-order valence-electron chi connectivity index (χ1n) is 6.77. The van der Waals surface area contributed by atoms with E-state index in [2.05, 4.69) is 27.6 Å². The van der Waals surface area contributed by atoms with E-state index >= 15 is 0 Å². The van der Waals surface area contributed by atoms with Crippen LogP contribution in [-0.4, -0.2) is 28.4 Å². The first kappa shape index (κ1) is 18.7. The van der Waals surface area contributed by atoms with E-state index in [0.717, 1.165) is 8.47 Å². The minimum absolute atomic E-state index is 0.162. The standard InChI is InChI=1S/C15H21IN2O4/c1-14(2,3)21-12(19)18(13(20)22-15(4,5)6)11-9-10(16)7-8-17-11/h7-9H,1-6H3. The number of imide groups is 1. The number of aromatic nitrogens is 1. The molecule has 0 saturated carbocycles. The summed E-state index contributed by atoms with van der Waals surface area (Å²) >= 11 is 2.07. The number of nitrogens with zero attached hydrogens (tertiary/aromatic N) is 2. The lowest BCUT2D eigenvalue weighted by atomic mass is 10.2. The van der Waals surface area contributed by atoms with E-state index in [1.54, 1.807) is 53.7 Å². The van der Waals surface area contributed by atoms with Crippen molar-refractivity contribution in [2.75, 3.05) is 4.90 Å². The molecular formula is C15H21IN2O4. The zero-order chi connectivity index (χ0) is 17.1. The third kappa shape index (κ3) is 6.17. The molecule has 7 heteroatoms. The fraction of sp³-hybridized carbons (Fsp3) is 0.533. The van der Waals surface area contributed by atoms with Crippen molar-refractivity contribution in [1.29, 1.82) is 0 Å². The van der Waals surface area contributed by atoms with Gasteiger partial charge in [-0.1, -0.05) is 0 Å². The van der Waals surface area contributed by atoms with Gasteiger partial charge in [0.2, 0.25) is 0 Å². The van der Waals surface area contributed by atoms with Crippen LogP contribution in [-0.2, 0) is 9.47 Å². The number of pyridine rings is 1. The van der Waals surface area contributed by atoms with Crippen LogP contribution in [0.1, 0.15) is 41.5 Å². The van der Waals surface area contributed by atoms with Gasteiger partial charge >= 0.3 is 12.2 Å². The number of hydrogen-bond donors (Lipinski definition) is 0. The lowest BCUT2D eigenvalue weighted by Crippen LogP contribution is -2.44. The Morgan fingerprint density at radius 2 is 1.50 bits per heavy atom. The molecule has 6 nitrogen and oxygen atoms in total. The molecule has 0 radical (unpaired) electrons. The van der Waals surface area contributed by atoms with Crippen molar-refractivity contribution in [2.45, 2.75) is 52.7 Å². The van der Waals surface area contributed by atoms with Crippen LogP contribution >= 0.6 is 22.6 Å². The highest BCUT2D eigenvalue weighted by atomic mass is 127. The number of hydrogen-bond acceptors (Lipinski definition) is 5. The first-order chi connectivity index (χ1) is 9.89. The van der Waals surface area contributed by atoms with E-state index in [1.165, 1.54) is 6.20 Å². The summed E-state index contributed by atoms with van der Waals surface area (Å²) in [6.07, 6.45) is -0.133. The lowest BCUT2D eigenvalue weighted by molar-refractivity contribution is 0.0429. The Morgan fingerprint density at radius 1 is 1.05 bits per heavy atom. The summed E-state index contributed by atoms with van der Waals surface area (Å²) in [5.74, 6) is 0.162. The Balaban J connectivity index is 3.15. The monoisotopic (exact) mass is 420 g/mol. The van der Waals surface area contributed by atoms with E-state index < -0.39 is 23.4 Å². The molecule has 2 amide bonds. The number of ether oxygens (including phenoxy) is 2. The van der Waals surface area contributed by atoms with Gasteiger partial charge in [-0.2, -0.15) is 4.90 Å². The van der Waals surface area contributed by atoms with Crippen LogP contribution in [0.4, 0.5) is 15.4 Å². The molecule has 0 bridgehead atoms. The van der Waals surface area contributed by atoms with Crippen molar-refractivity contribution in [3.8, 4) is 0 Å². The van der Waals surface area contributed by atoms with Crippen LogP contribution in [0.3, 0.4) is 0 Å². The highest BCUT2D eigenvalue weighted by Gasteiger charge is 2.33. The van der Waals surface area contributed by atoms with Crippen LogP contribution in [0.2, 0.25) is 0 Å². The van der Waals surface area contributed by atoms with Gasteiger partial charge in [-0.05, 0) is 76.3 Å². The second kappa shape index (κ2) is 6.80. The van der Waals surface area contributed by atoms with E-state index in [0.29, 0.717) is 0 Å². The molecule has 0 aromatic carbocycles. The van der Waals surface area contributed by atoms with Gasteiger partial charge in [0, 0.05) is 9.77 Å². The fourth-order valence-corrected chi connectivity index (χ4v) is 1.83. The van der Waals surface area contributed by atoms with Crippen molar-refractivity contribution < 1.29 is 19.1 Å². The number of carbonyl (C=O) groups is 2. The summed E-state index contributed by atoms with van der Waals surface area (Å²) in [5.41, 5.74) is -1.47. The van der Waals surface area contributed by atoms with Crippen molar-refractivity contribution in [2.24, 2.45) is 0 Å². The van der Waals surface area contributed by atoms with Gasteiger partial charge < -0.3 is 9.47 Å². The Hall–Kier alpha value is -1.38. The molecule has 0 unspecified atom stereocenters. The van der Waals surface area contributed by atoms with Gasteiger partial charge in [-0.15, -0.1) is 0 Å². The third-order valence-electron chi connectivity index (χ3n) is 2.09. The molecule has 1 heterocycles. The van der Waals surface area contributed by atoms with Gasteiger partial charge in [0.1, 0.15) is 17.0 Å². The number of carbonyl (C=O) groups excluding carboxylic acids is 2. The van der Waals surface area contributed by atoms with E-state index in [4.69, 9.17) is 9.47 Å². The zero-order valence-corrected chi connectivity index (χ0v) is 15.8. The summed E-state index contributed by atoms with van der Waals surface area (Å²) in [6, 6.07) is 3.36. The molecule has 0 spiro atoms. The first-order valence-corrected chi connectivity index (χ1v) is 7.84. The predicted octanol–water partition coefficient (Wildman–Crippen LogP) is 4.36. The molecule has 0 aliphatic heterocycles. The van der Waals surface area contributed by atoms with Gasteiger partial charge in [0.25, 0.3) is 0 Å². The van der Waals surface area contributed by atoms with Crippen LogP contribution in [0.25, 0.3) is 0 Å². The Labute approximate surface area is 144 Å². The van der Waals surface area contributed by atoms with Crippen LogP contribution in [0, 0.1) is 3.57 Å². The normalized spacial score (nSPS) is 11.8. The molecule has 1 aromatic rings. The van der Waals surface area contributed by atoms with Crippen molar-refractivity contribution >= 4 is 40.6 Å². The van der Waals surface area contributed by atoms with Crippen molar-refractivity contribution in [3.05, 3.63) is 21.9 Å². The quantitative estimate of drug-likeness (QED) is 0.632. The fourth-order valence-electron chi connectivity index (χ4n) is 1.39. The maximum Gasteiger partial charge on any atom is 0.425 e. The van der Waals surface area contributed by atoms with Gasteiger partial charge in [-0.3, -0.25) is 0 Å². The van der Waals surface area contributed by atoms with Crippen molar-refractivity contribution in [3.63, 3.8) is 0 Å². The molecule has 0 fully saturated rings. The summed E-state index contributed by atoms with van der Waals surface area (Å²) in [4.78, 5) is 29.6. The Morgan fingerprint density at radius 3 is 1.86 bits per heavy atom. The summed E-state index contributed by atoms with van der Waals surface area (Å²) in [5, 5.41) is 0. The minimum Gasteiger partial charge on any atom is -0.443 e. The largest absolute Gasteiger partial charge is 0.443 e. The topological polar surface area (TPSA) is 68.7 Å². The maximum absolute atomic E-state index is 12.4. The van der Waals surface area contributed by atoms with Gasteiger partial charge in [0.15, 0.2) is 0 Å². The molecule has 1 aromatic heterocycles. The molecule has 0 aliphatic rings. The number of anilines is 1. The van der Waals surface area contributed by atoms with E-state index in [-0.39, 0.29) is 5.82 Å². The highest BCUT2D eigenvalue weighted by molar-refractivity contribution is 14.1. The molecule has 1 rings (SSSR count). The Bertz CT molecular complexity index is 533. The predicted molar refractivity (Wildman–Crippen MR) is 91.9 cm³/mol.